The van der Waals surface area contributed by atoms with Gasteiger partial charge in [-0.2, -0.15) is 0 Å². The molecule has 1 aromatic heterocycles. The van der Waals surface area contributed by atoms with Crippen LogP contribution >= 0.6 is 0 Å². The number of non-ortho nitro benzene ring substituents is 1. The Labute approximate surface area is 126 Å². The molecule has 0 fully saturated rings. The van der Waals surface area contributed by atoms with Crippen LogP contribution in [-0.4, -0.2) is 15.3 Å². The lowest BCUT2D eigenvalue weighted by molar-refractivity contribution is -0.384. The summed E-state index contributed by atoms with van der Waals surface area (Å²) < 4.78 is 1.48. The zero-order chi connectivity index (χ0) is 16.4. The standard InChI is InChI=1S/C15H16N4O3/c1-9(2)18-13(7-6-12(14(16)17)15(18)20)10-4-3-5-11(8-10)19(21)22/h3-9H,1-2H3,(H3,16,17). The average Bonchev–Trinajstić information content (AvgIpc) is 2.46. The molecule has 0 saturated carbocycles. The number of nitrogens with zero attached hydrogens (tertiary/aromatic N) is 2. The fourth-order valence-electron chi connectivity index (χ4n) is 2.28. The predicted molar refractivity (Wildman–Crippen MR) is 84.2 cm³/mol. The molecular formula is C15H16N4O3. The molecule has 0 unspecified atom stereocenters. The number of nitro benzene ring substituents is 1. The number of amidine groups is 1. The molecule has 0 radical (unpaired) electrons. The molecule has 114 valence electrons. The van der Waals surface area contributed by atoms with Crippen LogP contribution in [0.15, 0.2) is 41.2 Å². The van der Waals surface area contributed by atoms with Crippen LogP contribution in [0, 0.1) is 15.5 Å². The van der Waals surface area contributed by atoms with Gasteiger partial charge in [0.05, 0.1) is 16.2 Å². The number of hydrogen-bond acceptors (Lipinski definition) is 4. The molecule has 1 aromatic carbocycles. The average molecular weight is 300 g/mol. The molecule has 7 heteroatoms. The molecular weight excluding hydrogens is 284 g/mol. The van der Waals surface area contributed by atoms with Crippen molar-refractivity contribution in [2.45, 2.75) is 19.9 Å². The van der Waals surface area contributed by atoms with Gasteiger partial charge in [-0.25, -0.2) is 0 Å². The van der Waals surface area contributed by atoms with E-state index in [4.69, 9.17) is 11.1 Å². The summed E-state index contributed by atoms with van der Waals surface area (Å²) in [5.41, 5.74) is 6.22. The van der Waals surface area contributed by atoms with E-state index < -0.39 is 4.92 Å². The van der Waals surface area contributed by atoms with E-state index in [0.29, 0.717) is 11.3 Å². The lowest BCUT2D eigenvalue weighted by Gasteiger charge is -2.17. The number of nitro groups is 1. The van der Waals surface area contributed by atoms with Gasteiger partial charge >= 0.3 is 0 Å². The van der Waals surface area contributed by atoms with Crippen LogP contribution in [0.1, 0.15) is 25.5 Å². The fraction of sp³-hybridized carbons (Fsp3) is 0.200. The highest BCUT2D eigenvalue weighted by atomic mass is 16.6. The minimum atomic E-state index is -0.481. The van der Waals surface area contributed by atoms with Crippen molar-refractivity contribution in [2.24, 2.45) is 5.73 Å². The van der Waals surface area contributed by atoms with Gasteiger partial charge in [-0.15, -0.1) is 0 Å². The van der Waals surface area contributed by atoms with Crippen LogP contribution in [0.4, 0.5) is 5.69 Å². The summed E-state index contributed by atoms with van der Waals surface area (Å²) in [6, 6.07) is 9.03. The third-order valence-electron chi connectivity index (χ3n) is 3.28. The number of rotatable bonds is 4. The highest BCUT2D eigenvalue weighted by Gasteiger charge is 2.16. The Morgan fingerprint density at radius 1 is 1.32 bits per heavy atom. The highest BCUT2D eigenvalue weighted by Crippen LogP contribution is 2.25. The zero-order valence-electron chi connectivity index (χ0n) is 12.2. The van der Waals surface area contributed by atoms with Crippen LogP contribution in [0.3, 0.4) is 0 Å². The molecule has 0 amide bonds. The van der Waals surface area contributed by atoms with Crippen LogP contribution in [-0.2, 0) is 0 Å². The van der Waals surface area contributed by atoms with E-state index in [-0.39, 0.29) is 28.7 Å². The molecule has 0 spiro atoms. The van der Waals surface area contributed by atoms with Gasteiger partial charge < -0.3 is 10.3 Å². The van der Waals surface area contributed by atoms with Gasteiger partial charge in [0, 0.05) is 23.7 Å². The van der Waals surface area contributed by atoms with E-state index >= 15 is 0 Å². The lowest BCUT2D eigenvalue weighted by atomic mass is 10.1. The van der Waals surface area contributed by atoms with Gasteiger partial charge in [0.15, 0.2) is 0 Å². The minimum absolute atomic E-state index is 0.0455. The lowest BCUT2D eigenvalue weighted by Crippen LogP contribution is -2.31. The molecule has 22 heavy (non-hydrogen) atoms. The zero-order valence-corrected chi connectivity index (χ0v) is 12.2. The van der Waals surface area contributed by atoms with E-state index in [1.165, 1.54) is 22.8 Å². The normalized spacial score (nSPS) is 10.7. The minimum Gasteiger partial charge on any atom is -0.384 e. The number of nitrogens with one attached hydrogen (secondary N) is 1. The second-order valence-corrected chi connectivity index (χ2v) is 5.12. The van der Waals surface area contributed by atoms with Gasteiger partial charge in [0.2, 0.25) is 0 Å². The molecule has 0 aliphatic rings. The first-order valence-electron chi connectivity index (χ1n) is 6.67. The van der Waals surface area contributed by atoms with Crippen LogP contribution in [0.25, 0.3) is 11.3 Å². The van der Waals surface area contributed by atoms with E-state index in [1.54, 1.807) is 18.2 Å². The summed E-state index contributed by atoms with van der Waals surface area (Å²) in [5.74, 6) is -0.301. The molecule has 0 bridgehead atoms. The Morgan fingerprint density at radius 2 is 2.00 bits per heavy atom. The number of nitrogens with two attached hydrogens (primary N) is 1. The second kappa shape index (κ2) is 5.80. The van der Waals surface area contributed by atoms with Gasteiger partial charge in [0.1, 0.15) is 5.84 Å². The monoisotopic (exact) mass is 300 g/mol. The van der Waals surface area contributed by atoms with Crippen LogP contribution in [0.2, 0.25) is 0 Å². The maximum Gasteiger partial charge on any atom is 0.270 e. The van der Waals surface area contributed by atoms with Crippen LogP contribution < -0.4 is 11.3 Å². The fourth-order valence-corrected chi connectivity index (χ4v) is 2.28. The number of aromatic nitrogens is 1. The Bertz CT molecular complexity index is 809. The quantitative estimate of drug-likeness (QED) is 0.390. The maximum absolute atomic E-state index is 12.5. The summed E-state index contributed by atoms with van der Waals surface area (Å²) in [6.07, 6.45) is 0. The predicted octanol–water partition coefficient (Wildman–Crippen LogP) is 2.29. The summed E-state index contributed by atoms with van der Waals surface area (Å²) in [6.45, 7) is 3.65. The van der Waals surface area contributed by atoms with Crippen molar-refractivity contribution in [3.63, 3.8) is 0 Å². The summed E-state index contributed by atoms with van der Waals surface area (Å²) >= 11 is 0. The third-order valence-corrected chi connectivity index (χ3v) is 3.28. The van der Waals surface area contributed by atoms with Crippen molar-refractivity contribution >= 4 is 11.5 Å². The third kappa shape index (κ3) is 2.73. The van der Waals surface area contributed by atoms with Gasteiger partial charge in [0.25, 0.3) is 11.2 Å². The van der Waals surface area contributed by atoms with Gasteiger partial charge in [-0.05, 0) is 26.0 Å². The molecule has 0 atom stereocenters. The Hall–Kier alpha value is -2.96. The summed E-state index contributed by atoms with van der Waals surface area (Å²) in [7, 11) is 0. The van der Waals surface area contributed by atoms with Gasteiger partial charge in [-0.1, -0.05) is 12.1 Å². The highest BCUT2D eigenvalue weighted by molar-refractivity contribution is 5.94. The SMILES string of the molecule is CC(C)n1c(-c2cccc([N+](=O)[O-])c2)ccc(C(=N)N)c1=O. The van der Waals surface area contributed by atoms with Crippen molar-refractivity contribution in [1.29, 1.82) is 5.41 Å². The Morgan fingerprint density at radius 3 is 2.55 bits per heavy atom. The maximum atomic E-state index is 12.5. The van der Waals surface area contributed by atoms with Crippen molar-refractivity contribution < 1.29 is 4.92 Å². The number of hydrogen-bond donors (Lipinski definition) is 2. The van der Waals surface area contributed by atoms with Crippen molar-refractivity contribution in [3.05, 3.63) is 62.4 Å². The topological polar surface area (TPSA) is 115 Å². The first-order chi connectivity index (χ1) is 10.3. The van der Waals surface area contributed by atoms with E-state index in [2.05, 4.69) is 0 Å². The van der Waals surface area contributed by atoms with E-state index in [1.807, 2.05) is 13.8 Å². The van der Waals surface area contributed by atoms with Crippen LogP contribution in [0.5, 0.6) is 0 Å². The molecule has 7 nitrogen and oxygen atoms in total. The number of pyridine rings is 1. The van der Waals surface area contributed by atoms with Crippen molar-refractivity contribution in [1.82, 2.24) is 4.57 Å². The summed E-state index contributed by atoms with van der Waals surface area (Å²) in [5, 5.41) is 18.4. The number of nitrogen functional groups attached to an aromatic ring is 1. The van der Waals surface area contributed by atoms with Crippen molar-refractivity contribution in [3.8, 4) is 11.3 Å². The number of benzene rings is 1. The first kappa shape index (κ1) is 15.4. The van der Waals surface area contributed by atoms with Crippen molar-refractivity contribution in [2.75, 3.05) is 0 Å². The first-order valence-corrected chi connectivity index (χ1v) is 6.67. The Balaban J connectivity index is 2.73. The molecule has 2 rings (SSSR count). The Kier molecular flexibility index (Phi) is 4.07. The largest absolute Gasteiger partial charge is 0.384 e. The molecule has 2 aromatic rings. The molecule has 3 N–H and O–H groups in total. The molecule has 0 saturated heterocycles. The molecule has 0 aliphatic heterocycles. The van der Waals surface area contributed by atoms with E-state index in [9.17, 15) is 14.9 Å². The molecule has 0 aliphatic carbocycles. The smallest absolute Gasteiger partial charge is 0.270 e. The summed E-state index contributed by atoms with van der Waals surface area (Å²) in [4.78, 5) is 22.9. The van der Waals surface area contributed by atoms with Gasteiger partial charge in [-0.3, -0.25) is 20.3 Å². The molecule has 1 heterocycles. The van der Waals surface area contributed by atoms with E-state index in [0.717, 1.165) is 0 Å². The second-order valence-electron chi connectivity index (χ2n) is 5.12.